The van der Waals surface area contributed by atoms with Crippen molar-refractivity contribution in [3.05, 3.63) is 95.1 Å². The summed E-state index contributed by atoms with van der Waals surface area (Å²) < 4.78 is 7.22. The Kier molecular flexibility index (Phi) is 6.49. The lowest BCUT2D eigenvalue weighted by Crippen LogP contribution is -2.30. The predicted molar refractivity (Wildman–Crippen MR) is 129 cm³/mol. The van der Waals surface area contributed by atoms with Gasteiger partial charge in [0, 0.05) is 11.9 Å². The first kappa shape index (κ1) is 21.3. The number of hydrogen-bond acceptors (Lipinski definition) is 4. The highest BCUT2D eigenvalue weighted by atomic mass is 32.2. The van der Waals surface area contributed by atoms with Crippen LogP contribution in [0, 0.1) is 12.3 Å². The molecule has 0 radical (unpaired) electrons. The topological polar surface area (TPSA) is 66.0 Å². The van der Waals surface area contributed by atoms with Crippen LogP contribution in [0.1, 0.15) is 22.7 Å². The SMILES string of the molecule is CSNc1ccc(Cn2c(=N)n(C(CO)Cc3ccc(C)cc3)c3ccccc32)cc1. The third kappa shape index (κ3) is 4.55. The van der Waals surface area contributed by atoms with Crippen molar-refractivity contribution in [2.75, 3.05) is 17.6 Å². The normalized spacial score (nSPS) is 12.2. The molecule has 0 aliphatic heterocycles. The molecule has 1 unspecified atom stereocenters. The van der Waals surface area contributed by atoms with E-state index in [0.29, 0.717) is 18.6 Å². The number of aromatic nitrogens is 2. The van der Waals surface area contributed by atoms with E-state index in [9.17, 15) is 5.11 Å². The quantitative estimate of drug-likeness (QED) is 0.352. The van der Waals surface area contributed by atoms with Gasteiger partial charge in [-0.3, -0.25) is 5.41 Å². The van der Waals surface area contributed by atoms with E-state index in [1.807, 2.05) is 39.7 Å². The third-order valence-electron chi connectivity index (χ3n) is 5.60. The minimum absolute atomic E-state index is 0.0204. The molecule has 5 nitrogen and oxygen atoms in total. The van der Waals surface area contributed by atoms with Gasteiger partial charge in [0.15, 0.2) is 0 Å². The van der Waals surface area contributed by atoms with E-state index in [-0.39, 0.29) is 12.6 Å². The number of imidazole rings is 1. The Balaban J connectivity index is 1.71. The van der Waals surface area contributed by atoms with E-state index in [1.54, 1.807) is 11.9 Å². The van der Waals surface area contributed by atoms with Crippen molar-refractivity contribution < 1.29 is 5.11 Å². The van der Waals surface area contributed by atoms with E-state index in [2.05, 4.69) is 60.2 Å². The summed E-state index contributed by atoms with van der Waals surface area (Å²) in [6, 6.07) is 24.6. The fraction of sp³-hybridized carbons (Fsp3) is 0.240. The third-order valence-corrected chi connectivity index (χ3v) is 6.04. The number of aliphatic hydroxyl groups excluding tert-OH is 1. The molecular formula is C25H28N4OS. The second-order valence-corrected chi connectivity index (χ2v) is 8.41. The van der Waals surface area contributed by atoms with Gasteiger partial charge in [-0.25, -0.2) is 0 Å². The van der Waals surface area contributed by atoms with Crippen LogP contribution in [0.2, 0.25) is 0 Å². The Labute approximate surface area is 187 Å². The minimum Gasteiger partial charge on any atom is -0.394 e. The number of fused-ring (bicyclic) bond motifs is 1. The van der Waals surface area contributed by atoms with Gasteiger partial charge in [0.2, 0.25) is 5.62 Å². The molecule has 1 atom stereocenters. The monoisotopic (exact) mass is 432 g/mol. The summed E-state index contributed by atoms with van der Waals surface area (Å²) in [6.45, 7) is 2.66. The largest absolute Gasteiger partial charge is 0.394 e. The summed E-state index contributed by atoms with van der Waals surface area (Å²) in [6.07, 6.45) is 2.68. The van der Waals surface area contributed by atoms with Crippen molar-refractivity contribution >= 4 is 28.7 Å². The molecule has 31 heavy (non-hydrogen) atoms. The molecule has 1 aromatic heterocycles. The average Bonchev–Trinajstić information content (AvgIpc) is 3.06. The predicted octanol–water partition coefficient (Wildman–Crippen LogP) is 4.74. The van der Waals surface area contributed by atoms with Crippen molar-refractivity contribution in [2.45, 2.75) is 25.9 Å². The maximum atomic E-state index is 10.2. The Hall–Kier alpha value is -2.96. The summed E-state index contributed by atoms with van der Waals surface area (Å²) in [5, 5.41) is 19.2. The van der Waals surface area contributed by atoms with Gasteiger partial charge in [-0.2, -0.15) is 0 Å². The van der Waals surface area contributed by atoms with Crippen LogP contribution >= 0.6 is 11.9 Å². The number of benzene rings is 3. The van der Waals surface area contributed by atoms with Gasteiger partial charge in [0.1, 0.15) is 0 Å². The molecule has 0 spiro atoms. The fourth-order valence-electron chi connectivity index (χ4n) is 4.00. The molecule has 1 heterocycles. The van der Waals surface area contributed by atoms with Crippen molar-refractivity contribution in [2.24, 2.45) is 0 Å². The molecule has 0 saturated carbocycles. The number of anilines is 1. The molecule has 3 aromatic carbocycles. The van der Waals surface area contributed by atoms with Crippen LogP contribution in [0.4, 0.5) is 5.69 Å². The standard InChI is InChI=1S/C25H28N4OS/c1-18-7-9-19(10-8-18)15-22(17-30)29-24-6-4-3-5-23(24)28(25(29)26)16-20-11-13-21(14-12-20)27-31-2/h3-14,22,26-27,30H,15-17H2,1-2H3. The number of hydrogen-bond donors (Lipinski definition) is 3. The average molecular weight is 433 g/mol. The summed E-state index contributed by atoms with van der Waals surface area (Å²) in [5.74, 6) is 0. The van der Waals surface area contributed by atoms with Crippen LogP contribution < -0.4 is 10.3 Å². The first-order valence-corrected chi connectivity index (χ1v) is 11.6. The molecule has 160 valence electrons. The number of nitrogens with zero attached hydrogens (tertiary/aromatic N) is 2. The van der Waals surface area contributed by atoms with E-state index in [1.165, 1.54) is 5.56 Å². The molecule has 0 bridgehead atoms. The Morgan fingerprint density at radius 3 is 2.23 bits per heavy atom. The summed E-state index contributed by atoms with van der Waals surface area (Å²) >= 11 is 1.57. The zero-order chi connectivity index (χ0) is 21.8. The van der Waals surface area contributed by atoms with Gasteiger partial charge in [0.25, 0.3) is 0 Å². The highest BCUT2D eigenvalue weighted by Crippen LogP contribution is 2.22. The van der Waals surface area contributed by atoms with Crippen molar-refractivity contribution in [3.63, 3.8) is 0 Å². The lowest BCUT2D eigenvalue weighted by atomic mass is 10.0. The second kappa shape index (κ2) is 9.45. The maximum Gasteiger partial charge on any atom is 0.203 e. The highest BCUT2D eigenvalue weighted by molar-refractivity contribution is 7.99. The summed E-state index contributed by atoms with van der Waals surface area (Å²) in [5.41, 5.74) is 6.94. The van der Waals surface area contributed by atoms with E-state index in [4.69, 9.17) is 5.41 Å². The van der Waals surface area contributed by atoms with Gasteiger partial charge in [0.05, 0.1) is 30.2 Å². The Morgan fingerprint density at radius 2 is 1.58 bits per heavy atom. The molecule has 0 amide bonds. The Morgan fingerprint density at radius 1 is 0.935 bits per heavy atom. The molecular weight excluding hydrogens is 404 g/mol. The van der Waals surface area contributed by atoms with Crippen LogP contribution in [0.3, 0.4) is 0 Å². The molecule has 6 heteroatoms. The highest BCUT2D eigenvalue weighted by Gasteiger charge is 2.19. The number of para-hydroxylation sites is 2. The lowest BCUT2D eigenvalue weighted by Gasteiger charge is -2.17. The maximum absolute atomic E-state index is 10.2. The number of aliphatic hydroxyl groups is 1. The van der Waals surface area contributed by atoms with Crippen LogP contribution in [-0.4, -0.2) is 27.1 Å². The van der Waals surface area contributed by atoms with Crippen LogP contribution in [0.25, 0.3) is 11.0 Å². The number of rotatable bonds is 8. The van der Waals surface area contributed by atoms with Crippen molar-refractivity contribution in [1.29, 1.82) is 5.41 Å². The minimum atomic E-state index is -0.200. The summed E-state index contributed by atoms with van der Waals surface area (Å²) in [7, 11) is 0. The van der Waals surface area contributed by atoms with Crippen LogP contribution in [0.5, 0.6) is 0 Å². The smallest absolute Gasteiger partial charge is 0.203 e. The molecule has 0 saturated heterocycles. The van der Waals surface area contributed by atoms with E-state index < -0.39 is 0 Å². The molecule has 4 aromatic rings. The first-order chi connectivity index (χ1) is 15.1. The summed E-state index contributed by atoms with van der Waals surface area (Å²) in [4.78, 5) is 0. The van der Waals surface area contributed by atoms with Gasteiger partial charge < -0.3 is 19.0 Å². The molecule has 0 fully saturated rings. The fourth-order valence-corrected chi connectivity index (χ4v) is 4.37. The van der Waals surface area contributed by atoms with Crippen LogP contribution in [0.15, 0.2) is 72.8 Å². The van der Waals surface area contributed by atoms with Gasteiger partial charge in [-0.15, -0.1) is 0 Å². The first-order valence-electron chi connectivity index (χ1n) is 10.4. The van der Waals surface area contributed by atoms with Crippen molar-refractivity contribution in [3.8, 4) is 0 Å². The van der Waals surface area contributed by atoms with Gasteiger partial charge in [-0.05, 0) is 48.7 Å². The molecule has 3 N–H and O–H groups in total. The van der Waals surface area contributed by atoms with E-state index >= 15 is 0 Å². The number of aryl methyl sites for hydroxylation is 1. The molecule has 4 rings (SSSR count). The van der Waals surface area contributed by atoms with E-state index in [0.717, 1.165) is 27.8 Å². The zero-order valence-corrected chi connectivity index (χ0v) is 18.7. The second-order valence-electron chi connectivity index (χ2n) is 7.80. The zero-order valence-electron chi connectivity index (χ0n) is 17.9. The molecule has 0 aliphatic carbocycles. The van der Waals surface area contributed by atoms with Crippen molar-refractivity contribution in [1.82, 2.24) is 9.13 Å². The number of nitrogens with one attached hydrogen (secondary N) is 2. The van der Waals surface area contributed by atoms with Gasteiger partial charge >= 0.3 is 0 Å². The molecule has 0 aliphatic rings. The Bertz CT molecular complexity index is 1210. The lowest BCUT2D eigenvalue weighted by molar-refractivity contribution is 0.225. The van der Waals surface area contributed by atoms with Gasteiger partial charge in [-0.1, -0.05) is 66.0 Å². The van der Waals surface area contributed by atoms with Crippen LogP contribution in [-0.2, 0) is 13.0 Å².